The summed E-state index contributed by atoms with van der Waals surface area (Å²) in [6.45, 7) is 1.59. The summed E-state index contributed by atoms with van der Waals surface area (Å²) in [5.74, 6) is -0.751. The van der Waals surface area contributed by atoms with Crippen molar-refractivity contribution in [2.75, 3.05) is 33.7 Å². The van der Waals surface area contributed by atoms with Crippen molar-refractivity contribution in [3.8, 4) is 0 Å². The summed E-state index contributed by atoms with van der Waals surface area (Å²) in [6.07, 6.45) is 3.99. The van der Waals surface area contributed by atoms with Crippen LogP contribution < -0.4 is 0 Å². The van der Waals surface area contributed by atoms with Gasteiger partial charge in [0.15, 0.2) is 0 Å². The van der Waals surface area contributed by atoms with Gasteiger partial charge in [-0.1, -0.05) is 0 Å². The maximum atomic E-state index is 11.8. The second kappa shape index (κ2) is 5.77. The summed E-state index contributed by atoms with van der Waals surface area (Å²) in [5.41, 5.74) is 0. The Balaban J connectivity index is 1.87. The molecule has 0 aromatic rings. The van der Waals surface area contributed by atoms with Gasteiger partial charge in [0.2, 0.25) is 0 Å². The van der Waals surface area contributed by atoms with Gasteiger partial charge in [0.1, 0.15) is 0 Å². The molecule has 1 heterocycles. The molecule has 6 nitrogen and oxygen atoms in total. The molecule has 1 saturated heterocycles. The Morgan fingerprint density at radius 2 is 1.63 bits per heavy atom. The number of aliphatic carboxylic acids is 1. The zero-order chi connectivity index (χ0) is 14.0. The Morgan fingerprint density at radius 1 is 1.11 bits per heavy atom. The van der Waals surface area contributed by atoms with Crippen molar-refractivity contribution >= 4 is 12.0 Å². The van der Waals surface area contributed by atoms with E-state index in [1.165, 1.54) is 0 Å². The van der Waals surface area contributed by atoms with Gasteiger partial charge < -0.3 is 14.9 Å². The smallest absolute Gasteiger partial charge is 0.319 e. The molecule has 108 valence electrons. The van der Waals surface area contributed by atoms with Crippen LogP contribution >= 0.6 is 0 Å². The number of piperidine rings is 1. The second-order valence-corrected chi connectivity index (χ2v) is 5.69. The molecule has 0 bridgehead atoms. The van der Waals surface area contributed by atoms with Crippen LogP contribution in [0.25, 0.3) is 0 Å². The first-order chi connectivity index (χ1) is 8.99. The van der Waals surface area contributed by atoms with E-state index in [4.69, 9.17) is 5.11 Å². The quantitative estimate of drug-likeness (QED) is 0.815. The van der Waals surface area contributed by atoms with Gasteiger partial charge in [0.05, 0.1) is 6.54 Å². The van der Waals surface area contributed by atoms with Crippen molar-refractivity contribution in [1.29, 1.82) is 0 Å². The number of hydrogen-bond acceptors (Lipinski definition) is 3. The minimum Gasteiger partial charge on any atom is -0.480 e. The molecule has 2 fully saturated rings. The molecule has 2 rings (SSSR count). The molecule has 1 aliphatic heterocycles. The number of hydrogen-bond donors (Lipinski definition) is 1. The highest BCUT2D eigenvalue weighted by Gasteiger charge is 2.37. The van der Waals surface area contributed by atoms with Gasteiger partial charge in [-0.2, -0.15) is 0 Å². The summed E-state index contributed by atoms with van der Waals surface area (Å²) >= 11 is 0. The number of carboxylic acid groups (broad SMARTS) is 1. The number of carboxylic acids is 1. The Morgan fingerprint density at radius 3 is 2.05 bits per heavy atom. The second-order valence-electron chi connectivity index (χ2n) is 5.69. The lowest BCUT2D eigenvalue weighted by Gasteiger charge is -2.38. The highest BCUT2D eigenvalue weighted by Crippen LogP contribution is 2.31. The normalized spacial score (nSPS) is 20.7. The molecule has 0 radical (unpaired) electrons. The largest absolute Gasteiger partial charge is 0.480 e. The lowest BCUT2D eigenvalue weighted by molar-refractivity contribution is -0.139. The molecule has 6 heteroatoms. The van der Waals surface area contributed by atoms with Crippen LogP contribution in [0, 0.1) is 0 Å². The van der Waals surface area contributed by atoms with Crippen LogP contribution in [0.5, 0.6) is 0 Å². The average Bonchev–Trinajstić information content (AvgIpc) is 3.19. The minimum absolute atomic E-state index is 0.0506. The van der Waals surface area contributed by atoms with Gasteiger partial charge in [-0.15, -0.1) is 0 Å². The highest BCUT2D eigenvalue weighted by atomic mass is 16.4. The minimum atomic E-state index is -0.751. The van der Waals surface area contributed by atoms with Crippen LogP contribution in [-0.4, -0.2) is 77.6 Å². The number of carbonyl (C=O) groups excluding carboxylic acids is 1. The number of nitrogens with zero attached hydrogens (tertiary/aromatic N) is 3. The monoisotopic (exact) mass is 269 g/mol. The molecule has 0 aromatic heterocycles. The van der Waals surface area contributed by atoms with Crippen molar-refractivity contribution < 1.29 is 14.7 Å². The maximum absolute atomic E-state index is 11.8. The summed E-state index contributed by atoms with van der Waals surface area (Å²) in [6, 6.07) is 0.821. The van der Waals surface area contributed by atoms with E-state index in [1.807, 2.05) is 4.90 Å². The molecule has 1 N–H and O–H groups in total. The molecule has 0 unspecified atom stereocenters. The Hall–Kier alpha value is -1.30. The molecule has 1 aliphatic carbocycles. The predicted molar refractivity (Wildman–Crippen MR) is 71.0 cm³/mol. The summed E-state index contributed by atoms with van der Waals surface area (Å²) in [7, 11) is 3.52. The maximum Gasteiger partial charge on any atom is 0.319 e. The third kappa shape index (κ3) is 3.59. The number of rotatable bonds is 4. The zero-order valence-corrected chi connectivity index (χ0v) is 11.7. The van der Waals surface area contributed by atoms with Gasteiger partial charge in [-0.3, -0.25) is 9.69 Å². The lowest BCUT2D eigenvalue weighted by atomic mass is 10.0. The standard InChI is InChI=1S/C13H23N3O3/c1-14(2)13(19)15-7-5-11(6-8-15)16(9-12(17)18)10-3-4-10/h10-11H,3-9H2,1-2H3,(H,17,18). The van der Waals surface area contributed by atoms with Crippen molar-refractivity contribution in [3.63, 3.8) is 0 Å². The summed E-state index contributed by atoms with van der Waals surface area (Å²) < 4.78 is 0. The fourth-order valence-electron chi connectivity index (χ4n) is 2.79. The Bertz CT molecular complexity index is 347. The van der Waals surface area contributed by atoms with E-state index >= 15 is 0 Å². The number of likely N-dealkylation sites (tertiary alicyclic amines) is 1. The van der Waals surface area contributed by atoms with E-state index in [-0.39, 0.29) is 12.6 Å². The van der Waals surface area contributed by atoms with E-state index in [0.717, 1.165) is 38.8 Å². The molecule has 1 saturated carbocycles. The fraction of sp³-hybridized carbons (Fsp3) is 0.846. The first kappa shape index (κ1) is 14.1. The molecule has 0 atom stereocenters. The summed E-state index contributed by atoms with van der Waals surface area (Å²) in [5, 5.41) is 8.99. The molecule has 2 aliphatic rings. The SMILES string of the molecule is CN(C)C(=O)N1CCC(N(CC(=O)O)C2CC2)CC1. The highest BCUT2D eigenvalue weighted by molar-refractivity contribution is 5.74. The van der Waals surface area contributed by atoms with E-state index in [0.29, 0.717) is 12.1 Å². The van der Waals surface area contributed by atoms with Crippen LogP contribution in [0.2, 0.25) is 0 Å². The number of carbonyl (C=O) groups is 2. The molecular weight excluding hydrogens is 246 g/mol. The van der Waals surface area contributed by atoms with Gasteiger partial charge in [-0.25, -0.2) is 4.79 Å². The van der Waals surface area contributed by atoms with Crippen LogP contribution in [0.1, 0.15) is 25.7 Å². The van der Waals surface area contributed by atoms with Crippen LogP contribution in [0.3, 0.4) is 0 Å². The Labute approximate surface area is 114 Å². The van der Waals surface area contributed by atoms with Crippen molar-refractivity contribution in [1.82, 2.24) is 14.7 Å². The van der Waals surface area contributed by atoms with Gasteiger partial charge in [0, 0.05) is 39.3 Å². The van der Waals surface area contributed by atoms with E-state index < -0.39 is 5.97 Å². The first-order valence-corrected chi connectivity index (χ1v) is 6.93. The first-order valence-electron chi connectivity index (χ1n) is 6.93. The van der Waals surface area contributed by atoms with Gasteiger partial charge in [0.25, 0.3) is 0 Å². The molecule has 0 aromatic carbocycles. The third-order valence-corrected chi connectivity index (χ3v) is 3.92. The average molecular weight is 269 g/mol. The van der Waals surface area contributed by atoms with Crippen LogP contribution in [-0.2, 0) is 4.79 Å². The van der Waals surface area contributed by atoms with Crippen molar-refractivity contribution in [2.45, 2.75) is 37.8 Å². The van der Waals surface area contributed by atoms with Gasteiger partial charge in [-0.05, 0) is 25.7 Å². The predicted octanol–water partition coefficient (Wildman–Crippen LogP) is 0.681. The van der Waals surface area contributed by atoms with Crippen LogP contribution in [0.15, 0.2) is 0 Å². The van der Waals surface area contributed by atoms with E-state index in [1.54, 1.807) is 19.0 Å². The topological polar surface area (TPSA) is 64.1 Å². The van der Waals surface area contributed by atoms with Crippen molar-refractivity contribution in [2.24, 2.45) is 0 Å². The fourth-order valence-corrected chi connectivity index (χ4v) is 2.79. The molecule has 2 amide bonds. The van der Waals surface area contributed by atoms with E-state index in [9.17, 15) is 9.59 Å². The molecule has 0 spiro atoms. The lowest BCUT2D eigenvalue weighted by Crippen LogP contribution is -2.50. The molecular formula is C13H23N3O3. The zero-order valence-electron chi connectivity index (χ0n) is 11.7. The number of amides is 2. The van der Waals surface area contributed by atoms with Crippen molar-refractivity contribution in [3.05, 3.63) is 0 Å². The summed E-state index contributed by atoms with van der Waals surface area (Å²) in [4.78, 5) is 28.3. The number of urea groups is 1. The van der Waals surface area contributed by atoms with Crippen LogP contribution in [0.4, 0.5) is 4.79 Å². The molecule has 19 heavy (non-hydrogen) atoms. The van der Waals surface area contributed by atoms with Gasteiger partial charge >= 0.3 is 12.0 Å². The Kier molecular flexibility index (Phi) is 4.29. The third-order valence-electron chi connectivity index (χ3n) is 3.92. The van der Waals surface area contributed by atoms with E-state index in [2.05, 4.69) is 4.90 Å².